The van der Waals surface area contributed by atoms with E-state index < -0.39 is 10.0 Å². The van der Waals surface area contributed by atoms with Gasteiger partial charge in [0, 0.05) is 75.0 Å². The summed E-state index contributed by atoms with van der Waals surface area (Å²) in [5, 5.41) is 11.6. The molecule has 0 spiro atoms. The lowest BCUT2D eigenvalue weighted by molar-refractivity contribution is 0.414. The van der Waals surface area contributed by atoms with Gasteiger partial charge in [-0.1, -0.05) is 55.3 Å². The van der Waals surface area contributed by atoms with Gasteiger partial charge in [-0.25, -0.2) is 13.1 Å². The Hall–Kier alpha value is -5.01. The molecular formula is C37H47N9O3S. The van der Waals surface area contributed by atoms with Crippen LogP contribution >= 0.6 is 0 Å². The first-order chi connectivity index (χ1) is 24.3. The van der Waals surface area contributed by atoms with E-state index >= 15 is 0 Å². The number of nitrogens with zero attached hydrogens (tertiary/aromatic N) is 5. The number of anilines is 4. The first kappa shape index (κ1) is 36.3. The quantitative estimate of drug-likeness (QED) is 0.0737. The maximum Gasteiger partial charge on any atom is 0.241 e. The highest BCUT2D eigenvalue weighted by atomic mass is 32.2. The minimum absolute atomic E-state index is 0.306. The van der Waals surface area contributed by atoms with E-state index in [1.165, 1.54) is 5.56 Å². The van der Waals surface area contributed by atoms with Gasteiger partial charge in [0.05, 0.1) is 12.0 Å². The van der Waals surface area contributed by atoms with Gasteiger partial charge in [0.2, 0.25) is 27.9 Å². The molecule has 2 heterocycles. The highest BCUT2D eigenvalue weighted by molar-refractivity contribution is 7.89. The molecule has 0 amide bonds. The van der Waals surface area contributed by atoms with Gasteiger partial charge < -0.3 is 25.6 Å². The molecule has 12 nitrogen and oxygen atoms in total. The van der Waals surface area contributed by atoms with E-state index in [2.05, 4.69) is 40.6 Å². The van der Waals surface area contributed by atoms with Crippen LogP contribution in [0.5, 0.6) is 5.75 Å². The smallest absolute Gasteiger partial charge is 0.241 e. The maximum atomic E-state index is 13.2. The minimum atomic E-state index is -3.64. The second kappa shape index (κ2) is 18.1. The second-order valence-corrected chi connectivity index (χ2v) is 13.8. The van der Waals surface area contributed by atoms with E-state index in [1.807, 2.05) is 85.7 Å². The van der Waals surface area contributed by atoms with Gasteiger partial charge in [0.15, 0.2) is 0 Å². The maximum absolute atomic E-state index is 13.2. The van der Waals surface area contributed by atoms with E-state index in [-0.39, 0.29) is 0 Å². The SMILES string of the molecule is COc1ccc(CCNc2nc(NCCCCCCNS(=O)(=O)c3cccc4c(N(C)C)cccc34)nc(NCCc3ccccn3)n2)cc1. The molecule has 0 aliphatic heterocycles. The molecule has 0 saturated heterocycles. The molecule has 0 fully saturated rings. The van der Waals surface area contributed by atoms with Gasteiger partial charge in [-0.3, -0.25) is 4.98 Å². The Kier molecular flexibility index (Phi) is 13.1. The number of rotatable bonds is 20. The summed E-state index contributed by atoms with van der Waals surface area (Å²) < 4.78 is 34.5. The second-order valence-electron chi connectivity index (χ2n) is 12.1. The number of unbranched alkanes of at least 4 members (excludes halogenated alkanes) is 3. The fourth-order valence-electron chi connectivity index (χ4n) is 5.55. The fourth-order valence-corrected chi connectivity index (χ4v) is 6.84. The Morgan fingerprint density at radius 3 is 1.96 bits per heavy atom. The number of aromatic nitrogens is 4. The average molecular weight is 698 g/mol. The van der Waals surface area contributed by atoms with Gasteiger partial charge in [-0.2, -0.15) is 15.0 Å². The van der Waals surface area contributed by atoms with Crippen molar-refractivity contribution in [1.82, 2.24) is 24.7 Å². The lowest BCUT2D eigenvalue weighted by Crippen LogP contribution is -2.25. The monoisotopic (exact) mass is 697 g/mol. The van der Waals surface area contributed by atoms with Crippen LogP contribution in [0.2, 0.25) is 0 Å². The van der Waals surface area contributed by atoms with Crippen LogP contribution in [0.15, 0.2) is 90.0 Å². The molecule has 4 N–H and O–H groups in total. The lowest BCUT2D eigenvalue weighted by Gasteiger charge is -2.17. The van der Waals surface area contributed by atoms with Crippen molar-refractivity contribution in [2.45, 2.75) is 43.4 Å². The van der Waals surface area contributed by atoms with Crippen LogP contribution in [0.3, 0.4) is 0 Å². The van der Waals surface area contributed by atoms with Crippen LogP contribution in [0.4, 0.5) is 23.5 Å². The molecule has 0 saturated carbocycles. The Bertz CT molecular complexity index is 1910. The number of hydrogen-bond donors (Lipinski definition) is 4. The van der Waals surface area contributed by atoms with Crippen LogP contribution in [0.25, 0.3) is 10.8 Å². The summed E-state index contributed by atoms with van der Waals surface area (Å²) >= 11 is 0. The number of pyridine rings is 1. The molecule has 0 bridgehead atoms. The van der Waals surface area contributed by atoms with Crippen LogP contribution in [0, 0.1) is 0 Å². The van der Waals surface area contributed by atoms with Crippen molar-refractivity contribution in [3.63, 3.8) is 0 Å². The Labute approximate surface area is 295 Å². The highest BCUT2D eigenvalue weighted by Crippen LogP contribution is 2.30. The molecule has 3 aromatic carbocycles. The third kappa shape index (κ3) is 10.5. The molecule has 2 aromatic heterocycles. The van der Waals surface area contributed by atoms with Crippen molar-refractivity contribution in [2.75, 3.05) is 68.2 Å². The summed E-state index contributed by atoms with van der Waals surface area (Å²) in [5.74, 6) is 2.30. The standard InChI is InChI=1S/C37H47N9O3S/c1-46(2)33-15-10-14-32-31(33)13-11-16-34(32)50(47,48)42-25-8-5-4-7-24-39-35-43-36(40-26-21-28-17-19-30(49-3)20-18-28)45-37(44-35)41-27-22-29-12-6-9-23-38-29/h6,9-20,23,42H,4-5,7-8,21-22,24-27H2,1-3H3,(H3,39,40,41,43,44,45). The van der Waals surface area contributed by atoms with Crippen molar-refractivity contribution >= 4 is 44.3 Å². The normalized spacial score (nSPS) is 11.3. The Balaban J connectivity index is 1.08. The number of nitrogens with one attached hydrogen (secondary N) is 4. The molecule has 0 aliphatic rings. The van der Waals surface area contributed by atoms with E-state index in [0.717, 1.165) is 66.4 Å². The topological polar surface area (TPSA) is 146 Å². The van der Waals surface area contributed by atoms with Crippen LogP contribution in [-0.4, -0.2) is 75.7 Å². The Morgan fingerprint density at radius 1 is 0.660 bits per heavy atom. The van der Waals surface area contributed by atoms with Crippen LogP contribution in [-0.2, 0) is 22.9 Å². The van der Waals surface area contributed by atoms with Crippen LogP contribution in [0.1, 0.15) is 36.9 Å². The van der Waals surface area contributed by atoms with Gasteiger partial charge in [0.1, 0.15) is 5.75 Å². The molecule has 0 radical (unpaired) electrons. The molecule has 0 atom stereocenters. The number of hydrogen-bond acceptors (Lipinski definition) is 11. The zero-order valence-electron chi connectivity index (χ0n) is 29.0. The largest absolute Gasteiger partial charge is 0.497 e. The first-order valence-corrected chi connectivity index (χ1v) is 18.5. The van der Waals surface area contributed by atoms with Gasteiger partial charge in [-0.15, -0.1) is 0 Å². The van der Waals surface area contributed by atoms with E-state index in [9.17, 15) is 8.42 Å². The predicted molar refractivity (Wildman–Crippen MR) is 202 cm³/mol. The van der Waals surface area contributed by atoms with E-state index in [0.29, 0.717) is 48.9 Å². The third-order valence-corrected chi connectivity index (χ3v) is 9.71. The summed E-state index contributed by atoms with van der Waals surface area (Å²) in [6, 6.07) is 25.0. The fraction of sp³-hybridized carbons (Fsp3) is 0.351. The summed E-state index contributed by atoms with van der Waals surface area (Å²) in [5.41, 5.74) is 3.15. The lowest BCUT2D eigenvalue weighted by atomic mass is 10.1. The van der Waals surface area contributed by atoms with E-state index in [4.69, 9.17) is 4.74 Å². The van der Waals surface area contributed by atoms with Gasteiger partial charge in [0.25, 0.3) is 0 Å². The number of ether oxygens (including phenoxy) is 1. The van der Waals surface area contributed by atoms with Gasteiger partial charge in [-0.05, 0) is 61.2 Å². The molecule has 13 heteroatoms. The molecule has 0 unspecified atom stereocenters. The Morgan fingerprint density at radius 2 is 1.30 bits per heavy atom. The molecule has 5 rings (SSSR count). The van der Waals surface area contributed by atoms with E-state index in [1.54, 1.807) is 25.4 Å². The minimum Gasteiger partial charge on any atom is -0.497 e. The third-order valence-electron chi connectivity index (χ3n) is 8.19. The van der Waals surface area contributed by atoms with Gasteiger partial charge >= 0.3 is 0 Å². The zero-order valence-corrected chi connectivity index (χ0v) is 29.8. The van der Waals surface area contributed by atoms with Crippen molar-refractivity contribution in [3.8, 4) is 5.75 Å². The molecule has 0 aliphatic carbocycles. The number of sulfonamides is 1. The van der Waals surface area contributed by atoms with Crippen molar-refractivity contribution in [2.24, 2.45) is 0 Å². The first-order valence-electron chi connectivity index (χ1n) is 17.0. The molecular weight excluding hydrogens is 651 g/mol. The summed E-state index contributed by atoms with van der Waals surface area (Å²) in [7, 11) is 1.92. The molecule has 50 heavy (non-hydrogen) atoms. The number of benzene rings is 3. The molecule has 5 aromatic rings. The highest BCUT2D eigenvalue weighted by Gasteiger charge is 2.18. The summed E-state index contributed by atoms with van der Waals surface area (Å²) in [6.07, 6.45) is 6.78. The average Bonchev–Trinajstić information content (AvgIpc) is 3.13. The summed E-state index contributed by atoms with van der Waals surface area (Å²) in [4.78, 5) is 20.5. The van der Waals surface area contributed by atoms with Crippen LogP contribution < -0.4 is 30.3 Å². The van der Waals surface area contributed by atoms with Crippen molar-refractivity contribution in [1.29, 1.82) is 0 Å². The molecule has 264 valence electrons. The number of fused-ring (bicyclic) bond motifs is 1. The summed E-state index contributed by atoms with van der Waals surface area (Å²) in [6.45, 7) is 2.35. The zero-order chi connectivity index (χ0) is 35.2. The van der Waals surface area contributed by atoms with Crippen molar-refractivity contribution in [3.05, 3.63) is 96.3 Å². The predicted octanol–water partition coefficient (Wildman–Crippen LogP) is 5.75. The number of methoxy groups -OCH3 is 1. The van der Waals surface area contributed by atoms with Crippen molar-refractivity contribution < 1.29 is 13.2 Å².